The number of guanidine groups is 1. The van der Waals surface area contributed by atoms with Crippen molar-refractivity contribution in [1.29, 1.82) is 0 Å². The Bertz CT molecular complexity index is 646. The number of hydrogen-bond acceptors (Lipinski definition) is 3. The fraction of sp³-hybridized carbons (Fsp3) is 0.412. The minimum atomic E-state index is 0.706. The second-order valence-electron chi connectivity index (χ2n) is 5.28. The minimum Gasteiger partial charge on any atom is -0.352 e. The van der Waals surface area contributed by atoms with Crippen LogP contribution in [0.15, 0.2) is 29.4 Å². The Labute approximate surface area is 136 Å². The molecule has 2 aromatic rings. The number of aliphatic imine (C=N–C) groups is 1. The fourth-order valence-electron chi connectivity index (χ4n) is 2.20. The van der Waals surface area contributed by atoms with Crippen molar-refractivity contribution in [2.75, 3.05) is 7.05 Å². The van der Waals surface area contributed by atoms with E-state index in [2.05, 4.69) is 59.6 Å². The molecule has 0 saturated heterocycles. The molecule has 0 saturated carbocycles. The molecule has 1 heterocycles. The number of rotatable bonds is 5. The molecule has 0 bridgehead atoms. The summed E-state index contributed by atoms with van der Waals surface area (Å²) < 4.78 is 0. The van der Waals surface area contributed by atoms with Crippen LogP contribution in [0.25, 0.3) is 0 Å². The lowest BCUT2D eigenvalue weighted by Gasteiger charge is -2.12. The molecule has 5 heteroatoms. The van der Waals surface area contributed by atoms with Gasteiger partial charge in [-0.3, -0.25) is 4.99 Å². The zero-order valence-electron chi connectivity index (χ0n) is 13.7. The van der Waals surface area contributed by atoms with E-state index in [1.807, 2.05) is 6.20 Å². The summed E-state index contributed by atoms with van der Waals surface area (Å²) in [5, 5.41) is 7.75. The maximum atomic E-state index is 4.41. The van der Waals surface area contributed by atoms with Gasteiger partial charge in [0, 0.05) is 24.7 Å². The molecule has 1 aromatic heterocycles. The second kappa shape index (κ2) is 7.94. The molecule has 0 aliphatic rings. The summed E-state index contributed by atoms with van der Waals surface area (Å²) in [6, 6.07) is 6.51. The van der Waals surface area contributed by atoms with Gasteiger partial charge in [0.2, 0.25) is 0 Å². The quantitative estimate of drug-likeness (QED) is 0.658. The van der Waals surface area contributed by atoms with Crippen LogP contribution in [0.5, 0.6) is 0 Å². The van der Waals surface area contributed by atoms with Crippen LogP contribution in [-0.2, 0) is 19.5 Å². The number of thiazole rings is 1. The molecule has 0 radical (unpaired) electrons. The number of benzene rings is 1. The van der Waals surface area contributed by atoms with Crippen molar-refractivity contribution in [3.8, 4) is 0 Å². The summed E-state index contributed by atoms with van der Waals surface area (Å²) in [6.45, 7) is 7.88. The molecule has 0 unspecified atom stereocenters. The van der Waals surface area contributed by atoms with Gasteiger partial charge in [0.1, 0.15) is 5.01 Å². The lowest BCUT2D eigenvalue weighted by molar-refractivity contribution is 0.802. The summed E-state index contributed by atoms with van der Waals surface area (Å²) in [4.78, 5) is 9.99. The largest absolute Gasteiger partial charge is 0.352 e. The molecule has 2 N–H and O–H groups in total. The Hall–Kier alpha value is -1.88. The van der Waals surface area contributed by atoms with Crippen LogP contribution in [0.4, 0.5) is 0 Å². The van der Waals surface area contributed by atoms with Crippen molar-refractivity contribution in [3.05, 3.63) is 51.0 Å². The normalized spacial score (nSPS) is 11.5. The molecule has 1 aromatic carbocycles. The third-order valence-electron chi connectivity index (χ3n) is 3.52. The van der Waals surface area contributed by atoms with Crippen LogP contribution >= 0.6 is 11.3 Å². The van der Waals surface area contributed by atoms with Gasteiger partial charge in [-0.2, -0.15) is 0 Å². The zero-order chi connectivity index (χ0) is 15.9. The first kappa shape index (κ1) is 16.5. The van der Waals surface area contributed by atoms with E-state index in [4.69, 9.17) is 0 Å². The fourth-order valence-corrected chi connectivity index (χ4v) is 3.00. The van der Waals surface area contributed by atoms with Crippen LogP contribution in [0.1, 0.15) is 33.5 Å². The number of nitrogens with zero attached hydrogens (tertiary/aromatic N) is 2. The first-order chi connectivity index (χ1) is 10.6. The Kier molecular flexibility index (Phi) is 5.95. The topological polar surface area (TPSA) is 49.3 Å². The third kappa shape index (κ3) is 4.56. The molecule has 4 nitrogen and oxygen atoms in total. The van der Waals surface area contributed by atoms with Gasteiger partial charge in [0.15, 0.2) is 5.96 Å². The third-order valence-corrected chi connectivity index (χ3v) is 4.67. The number of aryl methyl sites for hydroxylation is 3. The second-order valence-corrected chi connectivity index (χ2v) is 6.48. The molecule has 118 valence electrons. The summed E-state index contributed by atoms with van der Waals surface area (Å²) in [7, 11) is 1.79. The van der Waals surface area contributed by atoms with Crippen LogP contribution in [0.3, 0.4) is 0 Å². The predicted octanol–water partition coefficient (Wildman–Crippen LogP) is 3.19. The van der Waals surface area contributed by atoms with Crippen LogP contribution in [-0.4, -0.2) is 18.0 Å². The van der Waals surface area contributed by atoms with E-state index in [0.717, 1.165) is 23.9 Å². The molecule has 0 aliphatic heterocycles. The van der Waals surface area contributed by atoms with Crippen LogP contribution < -0.4 is 10.6 Å². The zero-order valence-corrected chi connectivity index (χ0v) is 14.5. The Morgan fingerprint density at radius 3 is 2.64 bits per heavy atom. The molecule has 0 aliphatic carbocycles. The highest BCUT2D eigenvalue weighted by Crippen LogP contribution is 2.13. The maximum Gasteiger partial charge on any atom is 0.191 e. The summed E-state index contributed by atoms with van der Waals surface area (Å²) in [5.41, 5.74) is 3.88. The van der Waals surface area contributed by atoms with Crippen molar-refractivity contribution >= 4 is 17.3 Å². The van der Waals surface area contributed by atoms with Crippen molar-refractivity contribution in [2.45, 2.75) is 40.3 Å². The van der Waals surface area contributed by atoms with Gasteiger partial charge >= 0.3 is 0 Å². The molecular weight excluding hydrogens is 292 g/mol. The molecule has 2 rings (SSSR count). The van der Waals surface area contributed by atoms with E-state index in [9.17, 15) is 0 Å². The molecule has 0 atom stereocenters. The summed E-state index contributed by atoms with van der Waals surface area (Å²) in [6.07, 6.45) is 2.99. The SMILES string of the molecule is CCc1cnc(CNC(=NC)NCc2ccc(C)cc2C)s1. The van der Waals surface area contributed by atoms with Crippen molar-refractivity contribution in [2.24, 2.45) is 4.99 Å². The number of hydrogen-bond donors (Lipinski definition) is 2. The molecule has 0 fully saturated rings. The van der Waals surface area contributed by atoms with Crippen LogP contribution in [0, 0.1) is 13.8 Å². The van der Waals surface area contributed by atoms with Gasteiger partial charge in [-0.1, -0.05) is 30.7 Å². The highest BCUT2D eigenvalue weighted by molar-refractivity contribution is 7.11. The van der Waals surface area contributed by atoms with Crippen molar-refractivity contribution < 1.29 is 0 Å². The van der Waals surface area contributed by atoms with Gasteiger partial charge in [-0.25, -0.2) is 4.98 Å². The van der Waals surface area contributed by atoms with Gasteiger partial charge < -0.3 is 10.6 Å². The standard InChI is InChI=1S/C17H24N4S/c1-5-15-10-19-16(22-15)11-21-17(18-4)20-9-14-7-6-12(2)8-13(14)3/h6-8,10H,5,9,11H2,1-4H3,(H2,18,20,21). The van der Waals surface area contributed by atoms with E-state index >= 15 is 0 Å². The summed E-state index contributed by atoms with van der Waals surface area (Å²) in [5.74, 6) is 0.799. The highest BCUT2D eigenvalue weighted by Gasteiger charge is 2.04. The predicted molar refractivity (Wildman–Crippen MR) is 94.4 cm³/mol. The van der Waals surface area contributed by atoms with E-state index in [1.165, 1.54) is 21.6 Å². The molecule has 22 heavy (non-hydrogen) atoms. The Morgan fingerprint density at radius 1 is 1.23 bits per heavy atom. The lowest BCUT2D eigenvalue weighted by atomic mass is 10.1. The average Bonchev–Trinajstić information content (AvgIpc) is 2.97. The monoisotopic (exact) mass is 316 g/mol. The Balaban J connectivity index is 1.87. The smallest absolute Gasteiger partial charge is 0.191 e. The lowest BCUT2D eigenvalue weighted by Crippen LogP contribution is -2.36. The van der Waals surface area contributed by atoms with E-state index in [0.29, 0.717) is 6.54 Å². The Morgan fingerprint density at radius 2 is 2.00 bits per heavy atom. The van der Waals surface area contributed by atoms with Crippen LogP contribution in [0.2, 0.25) is 0 Å². The van der Waals surface area contributed by atoms with Gasteiger partial charge in [-0.15, -0.1) is 11.3 Å². The number of aromatic nitrogens is 1. The first-order valence-electron chi connectivity index (χ1n) is 7.56. The number of nitrogens with one attached hydrogen (secondary N) is 2. The maximum absolute atomic E-state index is 4.41. The van der Waals surface area contributed by atoms with E-state index in [1.54, 1.807) is 18.4 Å². The van der Waals surface area contributed by atoms with E-state index < -0.39 is 0 Å². The van der Waals surface area contributed by atoms with E-state index in [-0.39, 0.29) is 0 Å². The molecular formula is C17H24N4S. The van der Waals surface area contributed by atoms with Crippen molar-refractivity contribution in [1.82, 2.24) is 15.6 Å². The van der Waals surface area contributed by atoms with Crippen molar-refractivity contribution in [3.63, 3.8) is 0 Å². The molecule has 0 amide bonds. The molecule has 0 spiro atoms. The van der Waals surface area contributed by atoms with Gasteiger partial charge in [0.25, 0.3) is 0 Å². The van der Waals surface area contributed by atoms with Gasteiger partial charge in [-0.05, 0) is 31.4 Å². The highest BCUT2D eigenvalue weighted by atomic mass is 32.1. The minimum absolute atomic E-state index is 0.706. The average molecular weight is 316 g/mol. The van der Waals surface area contributed by atoms with Gasteiger partial charge in [0.05, 0.1) is 6.54 Å². The summed E-state index contributed by atoms with van der Waals surface area (Å²) >= 11 is 1.75. The first-order valence-corrected chi connectivity index (χ1v) is 8.38.